The average molecular weight is 518 g/mol. The highest BCUT2D eigenvalue weighted by atomic mass is 16.5. The monoisotopic (exact) mass is 517 g/mol. The first-order valence-corrected chi connectivity index (χ1v) is 12.2. The molecule has 0 radical (unpaired) electrons. The summed E-state index contributed by atoms with van der Waals surface area (Å²) in [5.41, 5.74) is 2.78. The van der Waals surface area contributed by atoms with E-state index in [2.05, 4.69) is 0 Å². The van der Waals surface area contributed by atoms with Gasteiger partial charge in [0, 0.05) is 19.2 Å². The van der Waals surface area contributed by atoms with Crippen molar-refractivity contribution in [2.45, 2.75) is 19.6 Å². The van der Waals surface area contributed by atoms with Gasteiger partial charge in [0.2, 0.25) is 0 Å². The molecule has 198 valence electrons. The minimum Gasteiger partial charge on any atom is -0.507 e. The predicted molar refractivity (Wildman–Crippen MR) is 142 cm³/mol. The summed E-state index contributed by atoms with van der Waals surface area (Å²) in [6.07, 6.45) is 0. The molecule has 0 aromatic heterocycles. The van der Waals surface area contributed by atoms with Gasteiger partial charge in [-0.05, 0) is 53.9 Å². The number of hydrogen-bond donors (Lipinski definition) is 1. The fourth-order valence-corrected chi connectivity index (χ4v) is 4.54. The van der Waals surface area contributed by atoms with Crippen molar-refractivity contribution in [1.29, 1.82) is 0 Å². The quantitative estimate of drug-likeness (QED) is 0.237. The molecule has 0 saturated carbocycles. The maximum Gasteiger partial charge on any atom is 0.295 e. The third-order valence-corrected chi connectivity index (χ3v) is 6.49. The van der Waals surface area contributed by atoms with Gasteiger partial charge >= 0.3 is 0 Å². The molecule has 1 fully saturated rings. The summed E-state index contributed by atoms with van der Waals surface area (Å²) in [5.74, 6) is -0.129. The van der Waals surface area contributed by atoms with E-state index in [-0.39, 0.29) is 24.5 Å². The summed E-state index contributed by atoms with van der Waals surface area (Å²) in [6.45, 7) is 2.57. The number of carbonyl (C=O) groups excluding carboxylic acids is 2. The summed E-state index contributed by atoms with van der Waals surface area (Å²) in [4.78, 5) is 27.7. The fourth-order valence-electron chi connectivity index (χ4n) is 4.54. The standard InChI is InChI=1S/C30H31NO7/c1-19-16-22(11-12-23(19)36-3)28(32)26-27(31(14-15-35-2)30(34)29(26)33)21-10-13-24(25(17-21)37-4)38-18-20-8-6-5-7-9-20/h5-13,16-17,27,32H,14-15,18H2,1-4H3/t27-/m1/s1. The summed E-state index contributed by atoms with van der Waals surface area (Å²) >= 11 is 0. The number of Topliss-reactive ketones (excluding diaryl/α,β-unsaturated/α-hetero) is 1. The first-order chi connectivity index (χ1) is 18.4. The number of benzene rings is 3. The van der Waals surface area contributed by atoms with Crippen molar-refractivity contribution >= 4 is 17.4 Å². The van der Waals surface area contributed by atoms with E-state index in [1.807, 2.05) is 37.3 Å². The van der Waals surface area contributed by atoms with Crippen molar-refractivity contribution in [3.8, 4) is 17.2 Å². The second kappa shape index (κ2) is 11.8. The molecule has 3 aromatic rings. The van der Waals surface area contributed by atoms with Gasteiger partial charge in [-0.25, -0.2) is 0 Å². The maximum absolute atomic E-state index is 13.2. The van der Waals surface area contributed by atoms with Crippen molar-refractivity contribution in [2.75, 3.05) is 34.5 Å². The molecule has 1 N–H and O–H groups in total. The Kier molecular flexibility index (Phi) is 8.33. The molecule has 38 heavy (non-hydrogen) atoms. The molecule has 1 heterocycles. The van der Waals surface area contributed by atoms with E-state index in [1.54, 1.807) is 43.5 Å². The van der Waals surface area contributed by atoms with E-state index in [0.29, 0.717) is 35.0 Å². The number of aliphatic hydroxyl groups is 1. The Balaban J connectivity index is 1.76. The topological polar surface area (TPSA) is 94.5 Å². The Morgan fingerprint density at radius 1 is 0.895 bits per heavy atom. The van der Waals surface area contributed by atoms with E-state index < -0.39 is 17.7 Å². The molecule has 1 aliphatic rings. The smallest absolute Gasteiger partial charge is 0.295 e. The molecular weight excluding hydrogens is 486 g/mol. The minimum atomic E-state index is -0.843. The molecule has 8 heteroatoms. The Labute approximate surface area is 222 Å². The van der Waals surface area contributed by atoms with Gasteiger partial charge < -0.3 is 29.0 Å². The highest BCUT2D eigenvalue weighted by Crippen LogP contribution is 2.42. The van der Waals surface area contributed by atoms with Crippen LogP contribution in [0.25, 0.3) is 5.76 Å². The number of carbonyl (C=O) groups is 2. The average Bonchev–Trinajstić information content (AvgIpc) is 3.19. The normalized spacial score (nSPS) is 16.5. The molecule has 1 atom stereocenters. The molecular formula is C30H31NO7. The largest absolute Gasteiger partial charge is 0.507 e. The van der Waals surface area contributed by atoms with Crippen molar-refractivity contribution in [3.05, 3.63) is 94.6 Å². The van der Waals surface area contributed by atoms with Crippen LogP contribution < -0.4 is 14.2 Å². The molecule has 1 saturated heterocycles. The lowest BCUT2D eigenvalue weighted by Gasteiger charge is -2.25. The van der Waals surface area contributed by atoms with Crippen molar-refractivity contribution in [3.63, 3.8) is 0 Å². The number of nitrogens with zero attached hydrogens (tertiary/aromatic N) is 1. The number of amides is 1. The number of methoxy groups -OCH3 is 3. The van der Waals surface area contributed by atoms with Gasteiger partial charge in [-0.1, -0.05) is 36.4 Å². The maximum atomic E-state index is 13.2. The summed E-state index contributed by atoms with van der Waals surface area (Å²) in [5, 5.41) is 11.3. The second-order valence-corrected chi connectivity index (χ2v) is 8.85. The first kappa shape index (κ1) is 26.8. The SMILES string of the molecule is COCCN1C(=O)C(=O)C(=C(O)c2ccc(OC)c(C)c2)[C@H]1c1ccc(OCc2ccccc2)c(OC)c1. The van der Waals surface area contributed by atoms with Gasteiger partial charge in [0.1, 0.15) is 18.1 Å². The lowest BCUT2D eigenvalue weighted by Crippen LogP contribution is -2.32. The zero-order valence-corrected chi connectivity index (χ0v) is 21.9. The van der Waals surface area contributed by atoms with Crippen molar-refractivity contribution in [1.82, 2.24) is 4.90 Å². The lowest BCUT2D eigenvalue weighted by molar-refractivity contribution is -0.140. The van der Waals surface area contributed by atoms with Crippen LogP contribution in [0, 0.1) is 6.92 Å². The molecule has 0 bridgehead atoms. The second-order valence-electron chi connectivity index (χ2n) is 8.85. The third-order valence-electron chi connectivity index (χ3n) is 6.49. The molecule has 0 spiro atoms. The molecule has 4 rings (SSSR count). The first-order valence-electron chi connectivity index (χ1n) is 12.2. The van der Waals surface area contributed by atoms with Crippen molar-refractivity contribution in [2.24, 2.45) is 0 Å². The van der Waals surface area contributed by atoms with E-state index in [0.717, 1.165) is 11.1 Å². The van der Waals surface area contributed by atoms with Crippen LogP contribution in [0.15, 0.2) is 72.3 Å². The third kappa shape index (κ3) is 5.35. The Bertz CT molecular complexity index is 1350. The van der Waals surface area contributed by atoms with Crippen LogP contribution in [0.1, 0.15) is 28.3 Å². The van der Waals surface area contributed by atoms with E-state index in [1.165, 1.54) is 19.1 Å². The van der Waals surface area contributed by atoms with Crippen LogP contribution in [-0.2, 0) is 20.9 Å². The number of aliphatic hydroxyl groups excluding tert-OH is 1. The summed E-state index contributed by atoms with van der Waals surface area (Å²) < 4.78 is 22.1. The highest BCUT2D eigenvalue weighted by molar-refractivity contribution is 6.46. The number of ketones is 1. The molecule has 1 aliphatic heterocycles. The molecule has 0 aliphatic carbocycles. The van der Waals surface area contributed by atoms with Crippen LogP contribution in [0.4, 0.5) is 0 Å². The Morgan fingerprint density at radius 3 is 2.26 bits per heavy atom. The van der Waals surface area contributed by atoms with Crippen LogP contribution in [0.5, 0.6) is 17.2 Å². The number of likely N-dealkylation sites (tertiary alicyclic amines) is 1. The number of hydrogen-bond acceptors (Lipinski definition) is 7. The zero-order valence-electron chi connectivity index (χ0n) is 21.9. The van der Waals surface area contributed by atoms with Crippen LogP contribution in [0.2, 0.25) is 0 Å². The summed E-state index contributed by atoms with van der Waals surface area (Å²) in [6, 6.07) is 19.2. The molecule has 3 aromatic carbocycles. The van der Waals surface area contributed by atoms with Gasteiger partial charge in [0.25, 0.3) is 11.7 Å². The van der Waals surface area contributed by atoms with E-state index >= 15 is 0 Å². The zero-order chi connectivity index (χ0) is 27.2. The van der Waals surface area contributed by atoms with Crippen LogP contribution in [-0.4, -0.2) is 56.2 Å². The Hall–Kier alpha value is -4.30. The number of ether oxygens (including phenoxy) is 4. The highest BCUT2D eigenvalue weighted by Gasteiger charge is 2.46. The predicted octanol–water partition coefficient (Wildman–Crippen LogP) is 4.66. The van der Waals surface area contributed by atoms with E-state index in [4.69, 9.17) is 18.9 Å². The van der Waals surface area contributed by atoms with Crippen LogP contribution >= 0.6 is 0 Å². The number of rotatable bonds is 10. The Morgan fingerprint density at radius 2 is 1.61 bits per heavy atom. The van der Waals surface area contributed by atoms with Gasteiger partial charge in [0.15, 0.2) is 11.5 Å². The van der Waals surface area contributed by atoms with E-state index in [9.17, 15) is 14.7 Å². The summed E-state index contributed by atoms with van der Waals surface area (Å²) in [7, 11) is 4.61. The van der Waals surface area contributed by atoms with Gasteiger partial charge in [0.05, 0.1) is 32.4 Å². The van der Waals surface area contributed by atoms with Crippen molar-refractivity contribution < 1.29 is 33.6 Å². The molecule has 1 amide bonds. The number of aryl methyl sites for hydroxylation is 1. The minimum absolute atomic E-state index is 0.00400. The van der Waals surface area contributed by atoms with Gasteiger partial charge in [-0.2, -0.15) is 0 Å². The van der Waals surface area contributed by atoms with Crippen LogP contribution in [0.3, 0.4) is 0 Å². The van der Waals surface area contributed by atoms with Gasteiger partial charge in [-0.3, -0.25) is 9.59 Å². The van der Waals surface area contributed by atoms with Gasteiger partial charge in [-0.15, -0.1) is 0 Å². The lowest BCUT2D eigenvalue weighted by atomic mass is 9.94. The molecule has 8 nitrogen and oxygen atoms in total. The molecule has 0 unspecified atom stereocenters. The fraction of sp³-hybridized carbons (Fsp3) is 0.267.